The predicted octanol–water partition coefficient (Wildman–Crippen LogP) is 19.4. The van der Waals surface area contributed by atoms with Crippen molar-refractivity contribution < 1.29 is 122 Å². The van der Waals surface area contributed by atoms with Crippen LogP contribution in [-0.4, -0.2) is 205 Å². The molecule has 0 aromatic heterocycles. The summed E-state index contributed by atoms with van der Waals surface area (Å²) in [6, 6.07) is 0. The summed E-state index contributed by atoms with van der Waals surface area (Å²) in [5.74, 6) is -1.57. The molecule has 1 aliphatic carbocycles. The van der Waals surface area contributed by atoms with E-state index in [1.807, 2.05) is 0 Å². The fourth-order valence-corrected chi connectivity index (χ4v) is 18.0. The molecule has 0 aromatic carbocycles. The minimum Gasteiger partial charge on any atom is -0.463 e. The van der Waals surface area contributed by atoms with Crippen molar-refractivity contribution in [3.63, 3.8) is 0 Å². The molecule has 26 heteroatoms. The quantitative estimate of drug-likeness (QED) is 0.0117. The predicted molar refractivity (Wildman–Crippen MR) is 476 cm³/mol. The Bertz CT molecular complexity index is 2560. The van der Waals surface area contributed by atoms with Crippen molar-refractivity contribution in [2.24, 2.45) is 11.8 Å². The number of rotatable bonds is 81. The molecule has 0 bridgehead atoms. The molecule has 0 aromatic rings. The lowest BCUT2D eigenvalue weighted by molar-refractivity contribution is -0.360. The Morgan fingerprint density at radius 3 is 0.975 bits per heavy atom. The molecule has 2 saturated heterocycles. The summed E-state index contributed by atoms with van der Waals surface area (Å²) < 4.78 is 73.7. The average Bonchev–Trinajstić information content (AvgIpc) is 0.753. The molecule has 1 saturated carbocycles. The van der Waals surface area contributed by atoms with Crippen LogP contribution in [0.25, 0.3) is 0 Å². The van der Waals surface area contributed by atoms with Gasteiger partial charge in [0.25, 0.3) is 0 Å². The van der Waals surface area contributed by atoms with Gasteiger partial charge in [-0.1, -0.05) is 395 Å². The number of phosphoric acid groups is 1. The molecule has 0 amide bonds. The standard InChI is InChI=1S/C96H181O25P/c1-7-11-15-19-23-25-27-29-31-33-35-37-39-41-53-61-69-82(101)118-91-87(106)88(107)92(119-95-89(108)85(104)83(102)77(70-97)116-95)94(93(91)120-96-90(109)86(105)84(103)78(117-96)73-113-80(99)67-59-51-45-43-49-57-65-75(6)63-55-47-22-18-14-10-4)121-122(110,111)114-72-76(115-81(100)68-60-52-40-38-36-34-32-30-28-26-24-20-16-12-8-2)71-112-79(98)66-58-50-44-42-48-56-64-74(5)62-54-46-21-17-13-9-3/h74-78,83-97,102-109H,7-73H2,1-6H3,(H,110,111). The first-order chi connectivity index (χ1) is 59.0. The van der Waals surface area contributed by atoms with Crippen LogP contribution in [-0.2, 0) is 70.7 Å². The van der Waals surface area contributed by atoms with Crippen LogP contribution in [0.1, 0.15) is 446 Å². The van der Waals surface area contributed by atoms with Gasteiger partial charge >= 0.3 is 31.7 Å². The van der Waals surface area contributed by atoms with Gasteiger partial charge in [-0.3, -0.25) is 28.2 Å². The molecule has 3 fully saturated rings. The molecule has 2 heterocycles. The van der Waals surface area contributed by atoms with Gasteiger partial charge in [0.2, 0.25) is 0 Å². The summed E-state index contributed by atoms with van der Waals surface area (Å²) in [5.41, 5.74) is 0. The lowest BCUT2D eigenvalue weighted by Gasteiger charge is -2.50. The number of hydrogen-bond donors (Lipinski definition) is 10. The normalized spacial score (nSPS) is 25.0. The summed E-state index contributed by atoms with van der Waals surface area (Å²) in [6.45, 7) is 10.3. The zero-order chi connectivity index (χ0) is 89.2. The van der Waals surface area contributed by atoms with Crippen LogP contribution in [0.5, 0.6) is 0 Å². The van der Waals surface area contributed by atoms with Gasteiger partial charge in [0, 0.05) is 25.7 Å². The summed E-state index contributed by atoms with van der Waals surface area (Å²) in [6.07, 6.45) is 29.2. The van der Waals surface area contributed by atoms with Crippen molar-refractivity contribution >= 4 is 31.7 Å². The van der Waals surface area contributed by atoms with Gasteiger partial charge in [0.1, 0.15) is 92.6 Å². The highest BCUT2D eigenvalue weighted by Crippen LogP contribution is 2.49. The minimum atomic E-state index is -5.81. The van der Waals surface area contributed by atoms with Crippen molar-refractivity contribution in [1.29, 1.82) is 0 Å². The summed E-state index contributed by atoms with van der Waals surface area (Å²) >= 11 is 0. The fraction of sp³-hybridized carbons (Fsp3) is 0.958. The highest BCUT2D eigenvalue weighted by atomic mass is 31.2. The second-order valence-corrected chi connectivity index (χ2v) is 38.0. The average molecular weight is 1770 g/mol. The van der Waals surface area contributed by atoms with Crippen LogP contribution in [0.2, 0.25) is 0 Å². The molecule has 20 unspecified atom stereocenters. The second kappa shape index (κ2) is 73.2. The molecule has 2 aliphatic heterocycles. The minimum absolute atomic E-state index is 0.0171. The largest absolute Gasteiger partial charge is 0.472 e. The van der Waals surface area contributed by atoms with Crippen LogP contribution >= 0.6 is 7.82 Å². The van der Waals surface area contributed by atoms with Crippen molar-refractivity contribution in [1.82, 2.24) is 0 Å². The van der Waals surface area contributed by atoms with Crippen LogP contribution in [0.4, 0.5) is 0 Å². The van der Waals surface area contributed by atoms with Gasteiger partial charge < -0.3 is 88.7 Å². The molecular formula is C96H181O25P. The summed E-state index contributed by atoms with van der Waals surface area (Å²) in [4.78, 5) is 66.7. The van der Waals surface area contributed by atoms with E-state index in [1.54, 1.807) is 0 Å². The smallest absolute Gasteiger partial charge is 0.463 e. The maximum Gasteiger partial charge on any atom is 0.472 e. The summed E-state index contributed by atoms with van der Waals surface area (Å²) in [5, 5.41) is 103. The Morgan fingerprint density at radius 2 is 0.615 bits per heavy atom. The Labute approximate surface area is 738 Å². The number of unbranched alkanes of at least 4 members (excludes halogenated alkanes) is 49. The third-order valence-corrected chi connectivity index (χ3v) is 26.1. The van der Waals surface area contributed by atoms with E-state index in [9.17, 15) is 74.6 Å². The molecule has 3 aliphatic rings. The van der Waals surface area contributed by atoms with Crippen LogP contribution in [0.3, 0.4) is 0 Å². The van der Waals surface area contributed by atoms with Crippen molar-refractivity contribution in [2.45, 2.75) is 550 Å². The fourth-order valence-electron chi connectivity index (χ4n) is 17.0. The lowest BCUT2D eigenvalue weighted by Crippen LogP contribution is -2.70. The first kappa shape index (κ1) is 114. The molecule has 10 N–H and O–H groups in total. The molecule has 3 rings (SSSR count). The van der Waals surface area contributed by atoms with Crippen molar-refractivity contribution in [2.75, 3.05) is 26.4 Å². The SMILES string of the molecule is CCCCCCCCCCCCCCCCCCC(=O)OC1C(O)C(O)C(OC2OC(CO)C(O)C(O)C2O)C(OP(=O)(O)OCC(COC(=O)CCCCCCCCC(C)CCCCCCCC)OC(=O)CCCCCCCCCCCCCCCCC)C1OC1OC(COC(=O)CCCCCCCCC(C)CCCCCCCC)C(O)C(O)C1O. The molecule has 720 valence electrons. The van der Waals surface area contributed by atoms with Gasteiger partial charge in [-0.2, -0.15) is 0 Å². The van der Waals surface area contributed by atoms with E-state index in [4.69, 9.17) is 46.9 Å². The first-order valence-corrected chi connectivity index (χ1v) is 51.5. The Hall–Kier alpha value is -2.53. The zero-order valence-electron chi connectivity index (χ0n) is 77.4. The third kappa shape index (κ3) is 53.0. The number of phosphoric ester groups is 1. The number of ether oxygens (including phenoxy) is 8. The maximum absolute atomic E-state index is 15.0. The number of carbonyl (C=O) groups excluding carboxylic acids is 4. The maximum atomic E-state index is 15.0. The Morgan fingerprint density at radius 1 is 0.320 bits per heavy atom. The van der Waals surface area contributed by atoms with E-state index in [-0.39, 0.29) is 25.7 Å². The Balaban J connectivity index is 1.91. The number of carbonyl (C=O) groups is 4. The molecule has 0 radical (unpaired) electrons. The molecule has 122 heavy (non-hydrogen) atoms. The van der Waals surface area contributed by atoms with Crippen molar-refractivity contribution in [3.8, 4) is 0 Å². The van der Waals surface area contributed by atoms with E-state index >= 15 is 0 Å². The molecule has 0 spiro atoms. The highest BCUT2D eigenvalue weighted by molar-refractivity contribution is 7.47. The first-order valence-electron chi connectivity index (χ1n) is 50.1. The second-order valence-electron chi connectivity index (χ2n) is 36.6. The van der Waals surface area contributed by atoms with Gasteiger partial charge in [-0.25, -0.2) is 4.57 Å². The van der Waals surface area contributed by atoms with E-state index in [0.29, 0.717) is 43.9 Å². The lowest BCUT2D eigenvalue weighted by atomic mass is 9.84. The number of aliphatic hydroxyl groups is 9. The van der Waals surface area contributed by atoms with E-state index in [2.05, 4.69) is 41.5 Å². The van der Waals surface area contributed by atoms with Crippen LogP contribution in [0.15, 0.2) is 0 Å². The number of esters is 4. The topological polar surface area (TPSA) is 380 Å². The van der Waals surface area contributed by atoms with E-state index in [1.165, 1.54) is 218 Å². The Kier molecular flexibility index (Phi) is 68.2. The number of hydrogen-bond acceptors (Lipinski definition) is 24. The molecule has 25 nitrogen and oxygen atoms in total. The van der Waals surface area contributed by atoms with Crippen molar-refractivity contribution in [3.05, 3.63) is 0 Å². The molecule has 20 atom stereocenters. The third-order valence-electron chi connectivity index (χ3n) is 25.2. The summed E-state index contributed by atoms with van der Waals surface area (Å²) in [7, 11) is -5.81. The van der Waals surface area contributed by atoms with Gasteiger partial charge in [0.15, 0.2) is 24.8 Å². The van der Waals surface area contributed by atoms with E-state index in [0.717, 1.165) is 128 Å². The highest BCUT2D eigenvalue weighted by Gasteiger charge is 2.60. The van der Waals surface area contributed by atoms with Gasteiger partial charge in [-0.05, 0) is 37.5 Å². The molecular weight excluding hydrogens is 1580 g/mol. The number of aliphatic hydroxyl groups excluding tert-OH is 9. The van der Waals surface area contributed by atoms with Crippen LogP contribution < -0.4 is 0 Å². The monoisotopic (exact) mass is 1770 g/mol. The zero-order valence-corrected chi connectivity index (χ0v) is 78.3. The van der Waals surface area contributed by atoms with Gasteiger partial charge in [-0.15, -0.1) is 0 Å². The van der Waals surface area contributed by atoms with Gasteiger partial charge in [0.05, 0.1) is 13.2 Å². The van der Waals surface area contributed by atoms with Crippen LogP contribution in [0, 0.1) is 11.8 Å². The van der Waals surface area contributed by atoms with E-state index < -0.39 is 162 Å².